The van der Waals surface area contributed by atoms with Crippen LogP contribution in [0.1, 0.15) is 19.3 Å². The summed E-state index contributed by atoms with van der Waals surface area (Å²) in [6.45, 7) is 2.74. The third-order valence-corrected chi connectivity index (χ3v) is 3.21. The molecule has 2 rings (SSSR count). The van der Waals surface area contributed by atoms with Crippen molar-refractivity contribution in [2.75, 3.05) is 26.2 Å². The second-order valence-corrected chi connectivity index (χ2v) is 4.27. The molecule has 2 fully saturated rings. The minimum Gasteiger partial charge on any atom is -0.396 e. The Kier molecular flexibility index (Phi) is 3.03. The van der Waals surface area contributed by atoms with Gasteiger partial charge in [0.15, 0.2) is 0 Å². The summed E-state index contributed by atoms with van der Waals surface area (Å²) in [5.41, 5.74) is 0. The van der Waals surface area contributed by atoms with E-state index in [-0.39, 0.29) is 18.6 Å². The van der Waals surface area contributed by atoms with Crippen molar-refractivity contribution in [2.45, 2.75) is 25.3 Å². The number of hydrogen-bond acceptors (Lipinski definition) is 3. The zero-order chi connectivity index (χ0) is 9.97. The predicted molar refractivity (Wildman–Crippen MR) is 52.8 cm³/mol. The minimum absolute atomic E-state index is 0.0486. The van der Waals surface area contributed by atoms with Crippen LogP contribution < -0.4 is 5.32 Å². The van der Waals surface area contributed by atoms with Crippen molar-refractivity contribution in [3.8, 4) is 0 Å². The number of nitrogens with zero attached hydrogens (tertiary/aromatic N) is 1. The number of aliphatic hydroxyl groups is 1. The first-order chi connectivity index (χ1) is 6.81. The van der Waals surface area contributed by atoms with Gasteiger partial charge in [-0.15, -0.1) is 0 Å². The lowest BCUT2D eigenvalue weighted by atomic mass is 10.1. The summed E-state index contributed by atoms with van der Waals surface area (Å²) in [4.78, 5) is 13.8. The Hall–Kier alpha value is -0.610. The maximum Gasteiger partial charge on any atom is 0.239 e. The smallest absolute Gasteiger partial charge is 0.239 e. The van der Waals surface area contributed by atoms with E-state index in [1.807, 2.05) is 4.90 Å². The zero-order valence-corrected chi connectivity index (χ0v) is 8.41. The highest BCUT2D eigenvalue weighted by Crippen LogP contribution is 2.18. The van der Waals surface area contributed by atoms with Gasteiger partial charge < -0.3 is 15.3 Å². The third kappa shape index (κ3) is 1.91. The van der Waals surface area contributed by atoms with E-state index in [0.717, 1.165) is 38.9 Å². The average molecular weight is 198 g/mol. The van der Waals surface area contributed by atoms with Gasteiger partial charge in [-0.25, -0.2) is 0 Å². The largest absolute Gasteiger partial charge is 0.396 e. The van der Waals surface area contributed by atoms with Crippen molar-refractivity contribution in [1.82, 2.24) is 10.2 Å². The van der Waals surface area contributed by atoms with Crippen molar-refractivity contribution in [2.24, 2.45) is 5.92 Å². The van der Waals surface area contributed by atoms with Gasteiger partial charge in [0, 0.05) is 25.6 Å². The number of carbonyl (C=O) groups excluding carboxylic acids is 1. The van der Waals surface area contributed by atoms with Gasteiger partial charge in [-0.2, -0.15) is 0 Å². The van der Waals surface area contributed by atoms with E-state index in [1.54, 1.807) is 0 Å². The SMILES string of the molecule is O=C(C1CCCN1)N1CCC(CO)C1. The van der Waals surface area contributed by atoms with Gasteiger partial charge in [0.25, 0.3) is 0 Å². The van der Waals surface area contributed by atoms with Gasteiger partial charge in [-0.1, -0.05) is 0 Å². The molecule has 1 amide bonds. The standard InChI is InChI=1S/C10H18N2O2/c13-7-8-3-5-12(6-8)10(14)9-2-1-4-11-9/h8-9,11,13H,1-7H2. The Balaban J connectivity index is 1.86. The molecular formula is C10H18N2O2. The topological polar surface area (TPSA) is 52.6 Å². The lowest BCUT2D eigenvalue weighted by Crippen LogP contribution is -2.42. The number of carbonyl (C=O) groups is 1. The molecule has 0 aromatic heterocycles. The molecule has 0 radical (unpaired) electrons. The molecule has 80 valence electrons. The second kappa shape index (κ2) is 4.28. The van der Waals surface area contributed by atoms with E-state index < -0.39 is 0 Å². The number of hydrogen-bond donors (Lipinski definition) is 2. The summed E-state index contributed by atoms with van der Waals surface area (Å²) in [7, 11) is 0. The molecule has 4 nitrogen and oxygen atoms in total. The Morgan fingerprint density at radius 3 is 2.93 bits per heavy atom. The highest BCUT2D eigenvalue weighted by atomic mass is 16.3. The number of rotatable bonds is 2. The molecule has 2 N–H and O–H groups in total. The van der Waals surface area contributed by atoms with E-state index >= 15 is 0 Å². The van der Waals surface area contributed by atoms with E-state index in [1.165, 1.54) is 0 Å². The molecular weight excluding hydrogens is 180 g/mol. The average Bonchev–Trinajstić information content (AvgIpc) is 2.88. The third-order valence-electron chi connectivity index (χ3n) is 3.21. The highest BCUT2D eigenvalue weighted by molar-refractivity contribution is 5.82. The van der Waals surface area contributed by atoms with Gasteiger partial charge in [0.05, 0.1) is 6.04 Å². The van der Waals surface area contributed by atoms with Crippen LogP contribution in [0, 0.1) is 5.92 Å². The van der Waals surface area contributed by atoms with Gasteiger partial charge >= 0.3 is 0 Å². The maximum absolute atomic E-state index is 11.9. The minimum atomic E-state index is 0.0486. The van der Waals surface area contributed by atoms with Crippen LogP contribution in [-0.2, 0) is 4.79 Å². The highest BCUT2D eigenvalue weighted by Gasteiger charge is 2.31. The molecule has 2 aliphatic heterocycles. The van der Waals surface area contributed by atoms with Crippen LogP contribution in [0.15, 0.2) is 0 Å². The van der Waals surface area contributed by atoms with Crippen molar-refractivity contribution in [3.63, 3.8) is 0 Å². The molecule has 0 saturated carbocycles. The molecule has 2 saturated heterocycles. The molecule has 2 atom stereocenters. The summed E-state index contributed by atoms with van der Waals surface area (Å²) in [6, 6.07) is 0.0486. The molecule has 14 heavy (non-hydrogen) atoms. The maximum atomic E-state index is 11.9. The lowest BCUT2D eigenvalue weighted by Gasteiger charge is -2.20. The number of amides is 1. The first-order valence-electron chi connectivity index (χ1n) is 5.44. The van der Waals surface area contributed by atoms with Crippen LogP contribution in [0.3, 0.4) is 0 Å². The monoisotopic (exact) mass is 198 g/mol. The lowest BCUT2D eigenvalue weighted by molar-refractivity contribution is -0.132. The summed E-state index contributed by atoms with van der Waals surface area (Å²) in [5.74, 6) is 0.541. The summed E-state index contributed by atoms with van der Waals surface area (Å²) in [5, 5.41) is 12.2. The predicted octanol–water partition coefficient (Wildman–Crippen LogP) is -0.421. The van der Waals surface area contributed by atoms with Crippen LogP contribution in [0.25, 0.3) is 0 Å². The summed E-state index contributed by atoms with van der Waals surface area (Å²) in [6.07, 6.45) is 3.03. The van der Waals surface area contributed by atoms with Gasteiger partial charge in [0.2, 0.25) is 5.91 Å². The summed E-state index contributed by atoms with van der Waals surface area (Å²) < 4.78 is 0. The van der Waals surface area contributed by atoms with Crippen LogP contribution in [0.5, 0.6) is 0 Å². The van der Waals surface area contributed by atoms with E-state index in [0.29, 0.717) is 5.92 Å². The van der Waals surface area contributed by atoms with Crippen molar-refractivity contribution in [3.05, 3.63) is 0 Å². The first kappa shape index (κ1) is 9.93. The van der Waals surface area contributed by atoms with E-state index in [9.17, 15) is 4.79 Å². The zero-order valence-electron chi connectivity index (χ0n) is 8.41. The Bertz CT molecular complexity index is 214. The Morgan fingerprint density at radius 1 is 1.50 bits per heavy atom. The van der Waals surface area contributed by atoms with Crippen molar-refractivity contribution in [1.29, 1.82) is 0 Å². The normalized spacial score (nSPS) is 32.5. The van der Waals surface area contributed by atoms with Crippen molar-refractivity contribution < 1.29 is 9.90 Å². The molecule has 2 aliphatic rings. The van der Waals surface area contributed by atoms with Crippen LogP contribution in [0.4, 0.5) is 0 Å². The number of likely N-dealkylation sites (tertiary alicyclic amines) is 1. The number of nitrogens with one attached hydrogen (secondary N) is 1. The Morgan fingerprint density at radius 2 is 2.36 bits per heavy atom. The molecule has 2 unspecified atom stereocenters. The molecule has 0 aromatic carbocycles. The summed E-state index contributed by atoms with van der Waals surface area (Å²) >= 11 is 0. The fourth-order valence-electron chi connectivity index (χ4n) is 2.30. The van der Waals surface area contributed by atoms with Gasteiger partial charge in [-0.05, 0) is 25.8 Å². The molecule has 0 aromatic rings. The number of aliphatic hydroxyl groups excluding tert-OH is 1. The second-order valence-electron chi connectivity index (χ2n) is 4.27. The van der Waals surface area contributed by atoms with Crippen LogP contribution >= 0.6 is 0 Å². The van der Waals surface area contributed by atoms with Gasteiger partial charge in [-0.3, -0.25) is 4.79 Å². The fraction of sp³-hybridized carbons (Fsp3) is 0.900. The molecule has 0 spiro atoms. The first-order valence-corrected chi connectivity index (χ1v) is 5.44. The van der Waals surface area contributed by atoms with E-state index in [2.05, 4.69) is 5.32 Å². The Labute approximate surface area is 84.3 Å². The van der Waals surface area contributed by atoms with Crippen LogP contribution in [-0.4, -0.2) is 48.2 Å². The van der Waals surface area contributed by atoms with Crippen LogP contribution in [0.2, 0.25) is 0 Å². The van der Waals surface area contributed by atoms with E-state index in [4.69, 9.17) is 5.11 Å². The molecule has 2 heterocycles. The molecule has 0 bridgehead atoms. The van der Waals surface area contributed by atoms with Crippen molar-refractivity contribution >= 4 is 5.91 Å². The molecule has 4 heteroatoms. The van der Waals surface area contributed by atoms with Gasteiger partial charge in [0.1, 0.15) is 0 Å². The molecule has 0 aliphatic carbocycles. The fourth-order valence-corrected chi connectivity index (χ4v) is 2.30. The quantitative estimate of drug-likeness (QED) is 0.633.